The van der Waals surface area contributed by atoms with Gasteiger partial charge in [-0.1, -0.05) is 54.6 Å². The van der Waals surface area contributed by atoms with Crippen molar-refractivity contribution in [3.05, 3.63) is 103 Å². The van der Waals surface area contributed by atoms with Gasteiger partial charge in [-0.3, -0.25) is 10.2 Å². The molecule has 5 rings (SSSR count). The minimum absolute atomic E-state index is 0.00782. The number of sulfonamides is 1. The van der Waals surface area contributed by atoms with Crippen LogP contribution < -0.4 is 15.6 Å². The van der Waals surface area contributed by atoms with Crippen LogP contribution in [0.5, 0.6) is 0 Å². The van der Waals surface area contributed by atoms with Crippen molar-refractivity contribution in [1.82, 2.24) is 40.2 Å². The normalized spacial score (nSPS) is 11.1. The second-order valence-electron chi connectivity index (χ2n) is 7.53. The molecule has 12 nitrogen and oxygen atoms in total. The van der Waals surface area contributed by atoms with Crippen molar-refractivity contribution in [2.75, 3.05) is 5.32 Å². The number of hydrogen-bond acceptors (Lipinski definition) is 9. The van der Waals surface area contributed by atoms with Gasteiger partial charge in [0, 0.05) is 11.8 Å². The summed E-state index contributed by atoms with van der Waals surface area (Å²) in [5.74, 6) is 0.891. The topological polar surface area (TPSA) is 157 Å². The van der Waals surface area contributed by atoms with Crippen LogP contribution >= 0.6 is 0 Å². The molecule has 3 N–H and O–H groups in total. The predicted octanol–water partition coefficient (Wildman–Crippen LogP) is 2.49. The minimum Gasteiger partial charge on any atom is -0.306 e. The summed E-state index contributed by atoms with van der Waals surface area (Å²) in [5, 5.41) is 15.3. The van der Waals surface area contributed by atoms with E-state index in [-0.39, 0.29) is 22.4 Å². The van der Waals surface area contributed by atoms with Crippen molar-refractivity contribution in [3.63, 3.8) is 0 Å². The van der Waals surface area contributed by atoms with Crippen LogP contribution in [0.25, 0.3) is 17.2 Å². The minimum atomic E-state index is -3.93. The highest BCUT2D eigenvalue weighted by Gasteiger charge is 2.17. The maximum Gasteiger partial charge on any atom is 0.286 e. The molecule has 0 aliphatic rings. The zero-order chi connectivity index (χ0) is 25.7. The molecule has 2 aromatic carbocycles. The number of nitrogens with zero attached hydrogens (tertiary/aromatic N) is 6. The second kappa shape index (κ2) is 10.3. The van der Waals surface area contributed by atoms with E-state index in [1.165, 1.54) is 24.3 Å². The Hall–Kier alpha value is -5.01. The molecule has 3 heterocycles. The number of carbonyl (C=O) groups is 1. The number of anilines is 2. The number of benzene rings is 2. The summed E-state index contributed by atoms with van der Waals surface area (Å²) in [6.45, 7) is 0. The molecular formula is C24H19N9O3S. The van der Waals surface area contributed by atoms with Crippen molar-refractivity contribution in [2.24, 2.45) is 0 Å². The number of hydrogen-bond donors (Lipinski definition) is 3. The monoisotopic (exact) mass is 513 g/mol. The Balaban J connectivity index is 1.31. The van der Waals surface area contributed by atoms with Gasteiger partial charge in [0.05, 0.1) is 4.90 Å². The molecule has 0 radical (unpaired) electrons. The van der Waals surface area contributed by atoms with E-state index >= 15 is 0 Å². The van der Waals surface area contributed by atoms with Crippen LogP contribution in [0.15, 0.2) is 102 Å². The third-order valence-corrected chi connectivity index (χ3v) is 6.26. The van der Waals surface area contributed by atoms with E-state index in [9.17, 15) is 13.2 Å². The molecule has 3 aromatic heterocycles. The number of amides is 1. The number of pyridine rings is 1. The summed E-state index contributed by atoms with van der Waals surface area (Å²) in [4.78, 5) is 23.3. The van der Waals surface area contributed by atoms with Crippen molar-refractivity contribution >= 4 is 27.7 Å². The lowest BCUT2D eigenvalue weighted by Gasteiger charge is -2.08. The van der Waals surface area contributed by atoms with E-state index in [2.05, 4.69) is 36.0 Å². The molecule has 0 fully saturated rings. The second-order valence-corrected chi connectivity index (χ2v) is 9.21. The SMILES string of the molecule is O=C(NNS(=O)(=O)c1ccccc1)c1ccc(Nc2nc(-c3ccccc3)n(-c3ccccn3)n2)nn1. The molecule has 0 atom stereocenters. The van der Waals surface area contributed by atoms with Crippen LogP contribution in [0.1, 0.15) is 10.5 Å². The van der Waals surface area contributed by atoms with Gasteiger partial charge in [0.25, 0.3) is 15.9 Å². The van der Waals surface area contributed by atoms with Crippen LogP contribution in [0.4, 0.5) is 11.8 Å². The number of aromatic nitrogens is 6. The summed E-state index contributed by atoms with van der Waals surface area (Å²) in [7, 11) is -3.93. The van der Waals surface area contributed by atoms with Gasteiger partial charge in [0.1, 0.15) is 0 Å². The van der Waals surface area contributed by atoms with Gasteiger partial charge in [-0.2, -0.15) is 9.67 Å². The first kappa shape index (κ1) is 23.7. The molecule has 0 aliphatic carbocycles. The van der Waals surface area contributed by atoms with E-state index < -0.39 is 15.9 Å². The first-order valence-electron chi connectivity index (χ1n) is 10.9. The van der Waals surface area contributed by atoms with E-state index in [0.717, 1.165) is 5.56 Å². The molecule has 0 saturated heterocycles. The number of nitrogens with one attached hydrogen (secondary N) is 3. The zero-order valence-electron chi connectivity index (χ0n) is 19.1. The molecule has 37 heavy (non-hydrogen) atoms. The molecule has 0 bridgehead atoms. The Morgan fingerprint density at radius 1 is 0.811 bits per heavy atom. The maximum atomic E-state index is 12.4. The fourth-order valence-corrected chi connectivity index (χ4v) is 4.11. The first-order valence-corrected chi connectivity index (χ1v) is 12.4. The lowest BCUT2D eigenvalue weighted by atomic mass is 10.2. The van der Waals surface area contributed by atoms with Gasteiger partial charge in [-0.05, 0) is 36.4 Å². The number of hydrazine groups is 1. The molecule has 0 saturated carbocycles. The van der Waals surface area contributed by atoms with Crippen LogP contribution in [0, 0.1) is 0 Å². The van der Waals surface area contributed by atoms with Crippen LogP contribution in [0.3, 0.4) is 0 Å². The zero-order valence-corrected chi connectivity index (χ0v) is 19.9. The fourth-order valence-electron chi connectivity index (χ4n) is 3.25. The maximum absolute atomic E-state index is 12.4. The molecule has 0 aliphatic heterocycles. The third kappa shape index (κ3) is 5.47. The summed E-state index contributed by atoms with van der Waals surface area (Å²) in [5.41, 5.74) is 2.86. The summed E-state index contributed by atoms with van der Waals surface area (Å²) < 4.78 is 26.1. The lowest BCUT2D eigenvalue weighted by Crippen LogP contribution is -2.41. The summed E-state index contributed by atoms with van der Waals surface area (Å²) in [6, 6.07) is 25.5. The largest absolute Gasteiger partial charge is 0.306 e. The van der Waals surface area contributed by atoms with Crippen LogP contribution in [-0.2, 0) is 10.0 Å². The van der Waals surface area contributed by atoms with Crippen molar-refractivity contribution in [1.29, 1.82) is 0 Å². The molecular weight excluding hydrogens is 494 g/mol. The Kier molecular flexibility index (Phi) is 6.61. The third-order valence-electron chi connectivity index (χ3n) is 4.99. The lowest BCUT2D eigenvalue weighted by molar-refractivity contribution is 0.0939. The van der Waals surface area contributed by atoms with Crippen molar-refractivity contribution in [2.45, 2.75) is 4.90 Å². The number of rotatable bonds is 8. The van der Waals surface area contributed by atoms with Crippen molar-refractivity contribution < 1.29 is 13.2 Å². The van der Waals surface area contributed by atoms with Gasteiger partial charge in [-0.15, -0.1) is 20.1 Å². The summed E-state index contributed by atoms with van der Waals surface area (Å²) >= 11 is 0. The van der Waals surface area contributed by atoms with E-state index in [4.69, 9.17) is 0 Å². The average Bonchev–Trinajstić information content (AvgIpc) is 3.37. The Labute approximate surface area is 211 Å². The average molecular weight is 514 g/mol. The highest BCUT2D eigenvalue weighted by Crippen LogP contribution is 2.22. The quantitative estimate of drug-likeness (QED) is 0.265. The highest BCUT2D eigenvalue weighted by molar-refractivity contribution is 7.89. The Morgan fingerprint density at radius 2 is 1.54 bits per heavy atom. The van der Waals surface area contributed by atoms with Crippen molar-refractivity contribution in [3.8, 4) is 17.2 Å². The Morgan fingerprint density at radius 3 is 2.22 bits per heavy atom. The molecule has 184 valence electrons. The molecule has 1 amide bonds. The first-order chi connectivity index (χ1) is 18.0. The van der Waals surface area contributed by atoms with Crippen LogP contribution in [-0.4, -0.2) is 44.3 Å². The van der Waals surface area contributed by atoms with Gasteiger partial charge >= 0.3 is 0 Å². The van der Waals surface area contributed by atoms with E-state index in [1.807, 2.05) is 53.4 Å². The smallest absolute Gasteiger partial charge is 0.286 e. The number of carbonyl (C=O) groups excluding carboxylic acids is 1. The fraction of sp³-hybridized carbons (Fsp3) is 0. The van der Waals surface area contributed by atoms with Gasteiger partial charge < -0.3 is 5.32 Å². The molecule has 0 spiro atoms. The standard InChI is InChI=1S/C24H19N9O3S/c34-23(30-32-37(35,36)18-11-5-2-6-12-18)19-14-15-20(29-28-19)26-24-27-22(17-9-3-1-4-10-17)33(31-24)21-13-7-8-16-25-21/h1-16,32H,(H,30,34)(H,26,29,31). The molecule has 5 aromatic rings. The highest BCUT2D eigenvalue weighted by atomic mass is 32.2. The van der Waals surface area contributed by atoms with Gasteiger partial charge in [0.15, 0.2) is 23.2 Å². The molecule has 13 heteroatoms. The molecule has 0 unspecified atom stereocenters. The van der Waals surface area contributed by atoms with Crippen LogP contribution in [0.2, 0.25) is 0 Å². The van der Waals surface area contributed by atoms with Gasteiger partial charge in [-0.25, -0.2) is 13.4 Å². The van der Waals surface area contributed by atoms with Gasteiger partial charge in [0.2, 0.25) is 5.95 Å². The Bertz CT molecular complexity index is 1550. The summed E-state index contributed by atoms with van der Waals surface area (Å²) in [6.07, 6.45) is 1.66. The van der Waals surface area contributed by atoms with E-state index in [0.29, 0.717) is 11.6 Å². The predicted molar refractivity (Wildman–Crippen MR) is 134 cm³/mol. The van der Waals surface area contributed by atoms with E-state index in [1.54, 1.807) is 29.1 Å².